The molecule has 0 fully saturated rings. The van der Waals surface area contributed by atoms with Crippen LogP contribution in [0.1, 0.15) is 22.8 Å². The molecule has 0 amide bonds. The van der Waals surface area contributed by atoms with E-state index in [0.717, 1.165) is 5.56 Å². The minimum Gasteiger partial charge on any atom is -0.457 e. The minimum absolute atomic E-state index is 0.0126. The summed E-state index contributed by atoms with van der Waals surface area (Å²) in [5.41, 5.74) is 2.27. The van der Waals surface area contributed by atoms with Gasteiger partial charge in [0.25, 0.3) is 0 Å². The predicted octanol–water partition coefficient (Wildman–Crippen LogP) is 3.56. The van der Waals surface area contributed by atoms with Crippen LogP contribution >= 0.6 is 0 Å². The van der Waals surface area contributed by atoms with Gasteiger partial charge in [-0.3, -0.25) is 4.79 Å². The summed E-state index contributed by atoms with van der Waals surface area (Å²) in [4.78, 5) is 24.6. The first-order chi connectivity index (χ1) is 14.6. The number of hydrogen-bond donors (Lipinski definition) is 0. The highest BCUT2D eigenvalue weighted by Crippen LogP contribution is 2.49. The second-order valence-electron chi connectivity index (χ2n) is 7.05. The van der Waals surface area contributed by atoms with E-state index in [1.54, 1.807) is 18.2 Å². The molecule has 30 heavy (non-hydrogen) atoms. The molecule has 3 aliphatic heterocycles. The molecule has 0 bridgehead atoms. The van der Waals surface area contributed by atoms with Crippen LogP contribution in [0.15, 0.2) is 30.3 Å². The molecule has 3 heterocycles. The Morgan fingerprint density at radius 1 is 0.833 bits per heavy atom. The van der Waals surface area contributed by atoms with Crippen molar-refractivity contribution < 1.29 is 38.0 Å². The molecule has 0 unspecified atom stereocenters. The highest BCUT2D eigenvalue weighted by Gasteiger charge is 2.34. The van der Waals surface area contributed by atoms with Crippen molar-refractivity contribution in [3.05, 3.63) is 41.5 Å². The summed E-state index contributed by atoms with van der Waals surface area (Å²) in [6.45, 7) is 1.56. The fourth-order valence-corrected chi connectivity index (χ4v) is 4.08. The summed E-state index contributed by atoms with van der Waals surface area (Å²) >= 11 is 0. The van der Waals surface area contributed by atoms with Crippen LogP contribution in [0.3, 0.4) is 0 Å². The smallest absolute Gasteiger partial charge is 0.339 e. The van der Waals surface area contributed by atoms with Crippen LogP contribution in [0.5, 0.6) is 28.7 Å². The van der Waals surface area contributed by atoms with E-state index in [-0.39, 0.29) is 20.2 Å². The molecule has 8 heteroatoms. The van der Waals surface area contributed by atoms with Gasteiger partial charge in [-0.25, -0.2) is 4.79 Å². The van der Waals surface area contributed by atoms with E-state index in [9.17, 15) is 9.59 Å². The lowest BCUT2D eigenvalue weighted by Crippen LogP contribution is -2.07. The molecule has 0 atom stereocenters. The molecule has 3 aliphatic rings. The van der Waals surface area contributed by atoms with Crippen molar-refractivity contribution in [3.8, 4) is 39.9 Å². The van der Waals surface area contributed by atoms with E-state index in [1.807, 2.05) is 12.1 Å². The molecule has 0 saturated heterocycles. The number of benzene rings is 3. The zero-order valence-corrected chi connectivity index (χ0v) is 15.8. The summed E-state index contributed by atoms with van der Waals surface area (Å²) in [6.07, 6.45) is 0. The number of carbonyl (C=O) groups excluding carboxylic acids is 2. The molecule has 0 spiro atoms. The van der Waals surface area contributed by atoms with Crippen LogP contribution in [0, 0.1) is 0 Å². The number of cyclic esters (lactones) is 1. The van der Waals surface area contributed by atoms with Crippen LogP contribution in [0.25, 0.3) is 21.9 Å². The lowest BCUT2D eigenvalue weighted by atomic mass is 9.89. The minimum atomic E-state index is -0.494. The first kappa shape index (κ1) is 17.0. The summed E-state index contributed by atoms with van der Waals surface area (Å²) < 4.78 is 32.8. The molecule has 8 nitrogen and oxygen atoms in total. The van der Waals surface area contributed by atoms with Crippen LogP contribution in [-0.4, -0.2) is 25.5 Å². The quantitative estimate of drug-likeness (QED) is 0.471. The van der Waals surface area contributed by atoms with Crippen molar-refractivity contribution in [2.45, 2.75) is 13.5 Å². The number of esters is 2. The number of fused-ring (bicyclic) bond motifs is 4. The maximum absolute atomic E-state index is 12.7. The highest BCUT2D eigenvalue weighted by atomic mass is 16.7. The Labute approximate surface area is 169 Å². The van der Waals surface area contributed by atoms with Gasteiger partial charge in [-0.2, -0.15) is 0 Å². The predicted molar refractivity (Wildman–Crippen MR) is 102 cm³/mol. The van der Waals surface area contributed by atoms with E-state index < -0.39 is 11.9 Å². The lowest BCUT2D eigenvalue weighted by Gasteiger charge is -2.16. The second-order valence-corrected chi connectivity index (χ2v) is 7.05. The molecule has 3 aromatic carbocycles. The summed E-state index contributed by atoms with van der Waals surface area (Å²) in [5.74, 6) is 1.63. The molecule has 150 valence electrons. The van der Waals surface area contributed by atoms with Crippen molar-refractivity contribution in [1.82, 2.24) is 0 Å². The van der Waals surface area contributed by atoms with Gasteiger partial charge in [0.15, 0.2) is 23.0 Å². The number of ether oxygens (including phenoxy) is 6. The zero-order valence-electron chi connectivity index (χ0n) is 15.8. The SMILES string of the molecule is CC(=O)Oc1c2c(c(-c3ccc4c(c3)OCO4)c3cc4c(cc13)OCO4)C(=O)OC2. The van der Waals surface area contributed by atoms with Crippen LogP contribution in [0.4, 0.5) is 0 Å². The van der Waals surface area contributed by atoms with E-state index in [4.69, 9.17) is 28.4 Å². The molecule has 0 N–H and O–H groups in total. The maximum Gasteiger partial charge on any atom is 0.339 e. The van der Waals surface area contributed by atoms with Gasteiger partial charge < -0.3 is 28.4 Å². The van der Waals surface area contributed by atoms with Crippen LogP contribution < -0.4 is 23.7 Å². The summed E-state index contributed by atoms with van der Waals surface area (Å²) in [5, 5.41) is 1.30. The van der Waals surface area contributed by atoms with E-state index in [0.29, 0.717) is 56.2 Å². The van der Waals surface area contributed by atoms with Gasteiger partial charge in [0.2, 0.25) is 13.6 Å². The molecular weight excluding hydrogens is 392 g/mol. The summed E-state index contributed by atoms with van der Waals surface area (Å²) in [6, 6.07) is 9.01. The maximum atomic E-state index is 12.7. The van der Waals surface area contributed by atoms with E-state index >= 15 is 0 Å². The number of carbonyl (C=O) groups is 2. The summed E-state index contributed by atoms with van der Waals surface area (Å²) in [7, 11) is 0. The molecule has 0 aliphatic carbocycles. The van der Waals surface area contributed by atoms with Gasteiger partial charge in [0.1, 0.15) is 12.4 Å². The Morgan fingerprint density at radius 3 is 2.23 bits per heavy atom. The third-order valence-corrected chi connectivity index (χ3v) is 5.31. The Hall–Kier alpha value is -3.94. The molecular formula is C22H14O8. The van der Waals surface area contributed by atoms with Crippen molar-refractivity contribution in [2.75, 3.05) is 13.6 Å². The van der Waals surface area contributed by atoms with Gasteiger partial charge in [-0.15, -0.1) is 0 Å². The van der Waals surface area contributed by atoms with Gasteiger partial charge >= 0.3 is 11.9 Å². The molecule has 0 radical (unpaired) electrons. The third kappa shape index (κ3) is 2.33. The van der Waals surface area contributed by atoms with Gasteiger partial charge in [0, 0.05) is 23.4 Å². The van der Waals surface area contributed by atoms with Gasteiger partial charge in [-0.1, -0.05) is 6.07 Å². The van der Waals surface area contributed by atoms with Gasteiger partial charge in [0.05, 0.1) is 5.56 Å². The monoisotopic (exact) mass is 406 g/mol. The average molecular weight is 406 g/mol. The Kier molecular flexibility index (Phi) is 3.41. The van der Waals surface area contributed by atoms with Crippen molar-refractivity contribution >= 4 is 22.7 Å². The first-order valence-electron chi connectivity index (χ1n) is 9.28. The van der Waals surface area contributed by atoms with Crippen molar-refractivity contribution in [2.24, 2.45) is 0 Å². The number of rotatable bonds is 2. The normalized spacial score (nSPS) is 15.3. The Morgan fingerprint density at radius 2 is 1.50 bits per heavy atom. The zero-order chi connectivity index (χ0) is 20.4. The molecule has 0 saturated carbocycles. The average Bonchev–Trinajstić information content (AvgIpc) is 3.46. The van der Waals surface area contributed by atoms with Crippen molar-refractivity contribution in [1.29, 1.82) is 0 Å². The number of hydrogen-bond acceptors (Lipinski definition) is 8. The Balaban J connectivity index is 1.73. The lowest BCUT2D eigenvalue weighted by molar-refractivity contribution is -0.131. The van der Waals surface area contributed by atoms with E-state index in [2.05, 4.69) is 0 Å². The highest BCUT2D eigenvalue weighted by molar-refractivity contribution is 6.14. The largest absolute Gasteiger partial charge is 0.457 e. The van der Waals surface area contributed by atoms with Gasteiger partial charge in [-0.05, 0) is 35.2 Å². The fraction of sp³-hybridized carbons (Fsp3) is 0.182. The first-order valence-corrected chi connectivity index (χ1v) is 9.28. The third-order valence-electron chi connectivity index (χ3n) is 5.31. The molecule has 3 aromatic rings. The van der Waals surface area contributed by atoms with Crippen LogP contribution in [-0.2, 0) is 16.1 Å². The standard InChI is InChI=1S/C22H14O8/c1-10(23)30-21-13-6-18-17(28-9-29-18)5-12(13)19(20-14(21)7-25-22(20)24)11-2-3-15-16(4-11)27-8-26-15/h2-6H,7-9H2,1H3. The van der Waals surface area contributed by atoms with Crippen LogP contribution in [0.2, 0.25) is 0 Å². The topological polar surface area (TPSA) is 89.5 Å². The molecule has 0 aromatic heterocycles. The molecule has 6 rings (SSSR count). The van der Waals surface area contributed by atoms with E-state index in [1.165, 1.54) is 6.92 Å². The fourth-order valence-electron chi connectivity index (χ4n) is 4.08. The second kappa shape index (κ2) is 6.03. The van der Waals surface area contributed by atoms with Crippen molar-refractivity contribution in [3.63, 3.8) is 0 Å². The Bertz CT molecular complexity index is 1280.